The first-order chi connectivity index (χ1) is 12.4. The first-order valence-electron chi connectivity index (χ1n) is 7.98. The van der Waals surface area contributed by atoms with Gasteiger partial charge in [-0.2, -0.15) is 4.31 Å². The molecule has 2 aromatic carbocycles. The van der Waals surface area contributed by atoms with Crippen molar-refractivity contribution in [2.24, 2.45) is 0 Å². The summed E-state index contributed by atoms with van der Waals surface area (Å²) in [5.41, 5.74) is 2.13. The number of nitrogens with one attached hydrogen (secondary N) is 1. The van der Waals surface area contributed by atoms with Gasteiger partial charge in [0.15, 0.2) is 0 Å². The van der Waals surface area contributed by atoms with Crippen molar-refractivity contribution in [2.75, 3.05) is 30.2 Å². The minimum atomic E-state index is -3.70. The van der Waals surface area contributed by atoms with Crippen LogP contribution in [0, 0.1) is 6.92 Å². The number of nitrogens with zero attached hydrogens (tertiary/aromatic N) is 1. The standard InChI is InChI=1S/C18H20Cl2N2O3S/c1-14-2-6-16(7-3-14)21-18(23)15-4-8-17(9-5-15)26(24,25)22(12-10-19)13-11-20/h2-9H,10-13H2,1H3,(H,21,23). The van der Waals surface area contributed by atoms with E-state index in [-0.39, 0.29) is 35.7 Å². The number of hydrogen-bond donors (Lipinski definition) is 1. The molecule has 0 saturated carbocycles. The molecule has 0 atom stereocenters. The number of alkyl halides is 2. The second kappa shape index (κ2) is 9.37. The summed E-state index contributed by atoms with van der Waals surface area (Å²) in [7, 11) is -3.70. The van der Waals surface area contributed by atoms with Gasteiger partial charge in [-0.05, 0) is 43.3 Å². The number of rotatable bonds is 8. The van der Waals surface area contributed by atoms with Gasteiger partial charge in [0.1, 0.15) is 0 Å². The van der Waals surface area contributed by atoms with E-state index in [1.165, 1.54) is 28.6 Å². The number of aryl methyl sites for hydroxylation is 1. The molecule has 0 saturated heterocycles. The first-order valence-corrected chi connectivity index (χ1v) is 10.5. The molecule has 140 valence electrons. The van der Waals surface area contributed by atoms with Crippen LogP contribution < -0.4 is 5.32 Å². The number of carbonyl (C=O) groups excluding carboxylic acids is 1. The van der Waals surface area contributed by atoms with Gasteiger partial charge in [0.05, 0.1) is 4.90 Å². The van der Waals surface area contributed by atoms with Crippen LogP contribution in [0.15, 0.2) is 53.4 Å². The van der Waals surface area contributed by atoms with Crippen LogP contribution in [0.4, 0.5) is 5.69 Å². The van der Waals surface area contributed by atoms with E-state index in [0.29, 0.717) is 11.3 Å². The van der Waals surface area contributed by atoms with Gasteiger partial charge >= 0.3 is 0 Å². The maximum absolute atomic E-state index is 12.6. The molecule has 2 rings (SSSR count). The highest BCUT2D eigenvalue weighted by Gasteiger charge is 2.23. The normalized spacial score (nSPS) is 11.5. The average molecular weight is 415 g/mol. The maximum atomic E-state index is 12.6. The molecule has 0 heterocycles. The van der Waals surface area contributed by atoms with Gasteiger partial charge in [-0.25, -0.2) is 8.42 Å². The van der Waals surface area contributed by atoms with Crippen LogP contribution >= 0.6 is 23.2 Å². The van der Waals surface area contributed by atoms with Crippen molar-refractivity contribution in [1.29, 1.82) is 0 Å². The third-order valence-corrected chi connectivity index (χ3v) is 5.98. The molecule has 0 spiro atoms. The smallest absolute Gasteiger partial charge is 0.255 e. The molecule has 8 heteroatoms. The Morgan fingerprint density at radius 3 is 2.00 bits per heavy atom. The molecule has 0 unspecified atom stereocenters. The molecule has 1 amide bonds. The van der Waals surface area contributed by atoms with Gasteiger partial charge in [-0.3, -0.25) is 4.79 Å². The largest absolute Gasteiger partial charge is 0.322 e. The summed E-state index contributed by atoms with van der Waals surface area (Å²) in [5.74, 6) is 0.0384. The first kappa shape index (κ1) is 20.7. The second-order valence-corrected chi connectivity index (χ2v) is 8.32. The Bertz CT molecular complexity index is 832. The lowest BCUT2D eigenvalue weighted by atomic mass is 10.2. The highest BCUT2D eigenvalue weighted by Crippen LogP contribution is 2.18. The summed E-state index contributed by atoms with van der Waals surface area (Å²) in [6, 6.07) is 13.2. The van der Waals surface area contributed by atoms with Gasteiger partial charge in [-0.15, -0.1) is 23.2 Å². The Balaban J connectivity index is 2.16. The lowest BCUT2D eigenvalue weighted by Crippen LogP contribution is -2.34. The van der Waals surface area contributed by atoms with E-state index in [0.717, 1.165) is 5.56 Å². The molecule has 0 aliphatic rings. The molecule has 0 fully saturated rings. The topological polar surface area (TPSA) is 66.5 Å². The lowest BCUT2D eigenvalue weighted by Gasteiger charge is -2.20. The van der Waals surface area contributed by atoms with Crippen LogP contribution in [-0.2, 0) is 10.0 Å². The fourth-order valence-electron chi connectivity index (χ4n) is 2.31. The van der Waals surface area contributed by atoms with Gasteiger partial charge in [0, 0.05) is 36.1 Å². The Hall–Kier alpha value is -1.60. The summed E-state index contributed by atoms with van der Waals surface area (Å²) < 4.78 is 26.5. The van der Waals surface area contributed by atoms with Crippen molar-refractivity contribution in [3.05, 3.63) is 59.7 Å². The number of halogens is 2. The average Bonchev–Trinajstić information content (AvgIpc) is 2.63. The van der Waals surface area contributed by atoms with Crippen molar-refractivity contribution >= 4 is 44.8 Å². The Morgan fingerprint density at radius 1 is 0.962 bits per heavy atom. The minimum Gasteiger partial charge on any atom is -0.322 e. The van der Waals surface area contributed by atoms with E-state index in [1.807, 2.05) is 31.2 Å². The third-order valence-electron chi connectivity index (χ3n) is 3.73. The van der Waals surface area contributed by atoms with Gasteiger partial charge < -0.3 is 5.32 Å². The van der Waals surface area contributed by atoms with Crippen molar-refractivity contribution in [3.63, 3.8) is 0 Å². The van der Waals surface area contributed by atoms with Gasteiger partial charge in [-0.1, -0.05) is 17.7 Å². The maximum Gasteiger partial charge on any atom is 0.255 e. The van der Waals surface area contributed by atoms with Crippen LogP contribution in [-0.4, -0.2) is 43.5 Å². The number of sulfonamides is 1. The van der Waals surface area contributed by atoms with Crippen molar-refractivity contribution < 1.29 is 13.2 Å². The molecule has 0 bridgehead atoms. The minimum absolute atomic E-state index is 0.0969. The van der Waals surface area contributed by atoms with Crippen LogP contribution in [0.25, 0.3) is 0 Å². The summed E-state index contributed by atoms with van der Waals surface area (Å²) in [6.45, 7) is 2.31. The van der Waals surface area contributed by atoms with E-state index >= 15 is 0 Å². The molecular weight excluding hydrogens is 395 g/mol. The van der Waals surface area contributed by atoms with E-state index in [9.17, 15) is 13.2 Å². The highest BCUT2D eigenvalue weighted by molar-refractivity contribution is 7.89. The summed E-state index contributed by atoms with van der Waals surface area (Å²) in [5, 5.41) is 2.77. The predicted molar refractivity (Wildman–Crippen MR) is 106 cm³/mol. The van der Waals surface area contributed by atoms with Crippen LogP contribution in [0.5, 0.6) is 0 Å². The van der Waals surface area contributed by atoms with E-state index < -0.39 is 10.0 Å². The highest BCUT2D eigenvalue weighted by atomic mass is 35.5. The zero-order valence-corrected chi connectivity index (χ0v) is 16.6. The molecule has 0 aromatic heterocycles. The number of carbonyl (C=O) groups is 1. The van der Waals surface area contributed by atoms with Crippen LogP contribution in [0.2, 0.25) is 0 Å². The second-order valence-electron chi connectivity index (χ2n) is 5.63. The number of anilines is 1. The lowest BCUT2D eigenvalue weighted by molar-refractivity contribution is 0.102. The fraction of sp³-hybridized carbons (Fsp3) is 0.278. The van der Waals surface area contributed by atoms with E-state index in [2.05, 4.69) is 5.32 Å². The van der Waals surface area contributed by atoms with Crippen LogP contribution in [0.3, 0.4) is 0 Å². The monoisotopic (exact) mass is 414 g/mol. The van der Waals surface area contributed by atoms with E-state index in [4.69, 9.17) is 23.2 Å². The third kappa shape index (κ3) is 5.20. The Morgan fingerprint density at radius 2 is 1.50 bits per heavy atom. The summed E-state index contributed by atoms with van der Waals surface area (Å²) in [4.78, 5) is 12.4. The zero-order chi connectivity index (χ0) is 19.2. The van der Waals surface area contributed by atoms with Crippen molar-refractivity contribution in [3.8, 4) is 0 Å². The number of benzene rings is 2. The molecule has 0 aliphatic heterocycles. The summed E-state index contributed by atoms with van der Waals surface area (Å²) >= 11 is 11.4. The summed E-state index contributed by atoms with van der Waals surface area (Å²) in [6.07, 6.45) is 0. The quantitative estimate of drug-likeness (QED) is 0.669. The fourth-order valence-corrected chi connectivity index (χ4v) is 4.36. The molecule has 5 nitrogen and oxygen atoms in total. The van der Waals surface area contributed by atoms with Gasteiger partial charge in [0.2, 0.25) is 10.0 Å². The molecule has 0 aliphatic carbocycles. The van der Waals surface area contributed by atoms with Gasteiger partial charge in [0.25, 0.3) is 5.91 Å². The molecule has 1 N–H and O–H groups in total. The molecule has 26 heavy (non-hydrogen) atoms. The predicted octanol–water partition coefficient (Wildman–Crippen LogP) is 3.72. The molecule has 0 radical (unpaired) electrons. The SMILES string of the molecule is Cc1ccc(NC(=O)c2ccc(S(=O)(=O)N(CCCl)CCCl)cc2)cc1. The van der Waals surface area contributed by atoms with Crippen molar-refractivity contribution in [1.82, 2.24) is 4.31 Å². The Kier molecular flexibility index (Phi) is 7.46. The number of hydrogen-bond acceptors (Lipinski definition) is 3. The Labute approximate surface area is 164 Å². The van der Waals surface area contributed by atoms with Crippen LogP contribution in [0.1, 0.15) is 15.9 Å². The number of amides is 1. The van der Waals surface area contributed by atoms with E-state index in [1.54, 1.807) is 0 Å². The molecule has 2 aromatic rings. The molecular formula is C18H20Cl2N2O3S. The van der Waals surface area contributed by atoms with Crippen molar-refractivity contribution in [2.45, 2.75) is 11.8 Å². The zero-order valence-electron chi connectivity index (χ0n) is 14.3.